The van der Waals surface area contributed by atoms with Gasteiger partial charge in [0, 0.05) is 0 Å². The Hall–Kier alpha value is -2.99. The number of benzene rings is 4. The van der Waals surface area contributed by atoms with Crippen LogP contribution in [-0.2, 0) is 10.1 Å². The SMILES string of the molecule is O=S(=O)(O)c1ccc([Si](c2ccccc2)(c2ccccc2)c2ccccc2)cc1. The van der Waals surface area contributed by atoms with Crippen molar-refractivity contribution < 1.29 is 13.0 Å². The zero-order valence-electron chi connectivity index (χ0n) is 15.6. The summed E-state index contributed by atoms with van der Waals surface area (Å²) in [5, 5.41) is 4.67. The van der Waals surface area contributed by atoms with Gasteiger partial charge >= 0.3 is 0 Å². The zero-order chi connectivity index (χ0) is 20.3. The van der Waals surface area contributed by atoms with Crippen LogP contribution in [0, 0.1) is 0 Å². The molecule has 0 unspecified atom stereocenters. The lowest BCUT2D eigenvalue weighted by Crippen LogP contribution is -2.74. The van der Waals surface area contributed by atoms with Gasteiger partial charge in [-0.3, -0.25) is 4.55 Å². The Labute approximate surface area is 172 Å². The molecule has 29 heavy (non-hydrogen) atoms. The van der Waals surface area contributed by atoms with E-state index in [1.54, 1.807) is 0 Å². The molecule has 0 atom stereocenters. The lowest BCUT2D eigenvalue weighted by Gasteiger charge is -2.34. The molecule has 4 rings (SSSR count). The molecule has 0 heterocycles. The number of hydrogen-bond donors (Lipinski definition) is 1. The molecular weight excluding hydrogens is 396 g/mol. The molecule has 0 aliphatic carbocycles. The lowest BCUT2D eigenvalue weighted by molar-refractivity contribution is 0.483. The van der Waals surface area contributed by atoms with E-state index in [1.165, 1.54) is 27.7 Å². The average molecular weight is 417 g/mol. The van der Waals surface area contributed by atoms with Crippen LogP contribution in [0.2, 0.25) is 0 Å². The zero-order valence-corrected chi connectivity index (χ0v) is 17.5. The fraction of sp³-hybridized carbons (Fsp3) is 0. The van der Waals surface area contributed by atoms with Gasteiger partial charge in [0.25, 0.3) is 10.1 Å². The summed E-state index contributed by atoms with van der Waals surface area (Å²) in [7, 11) is -6.90. The van der Waals surface area contributed by atoms with Crippen molar-refractivity contribution in [2.24, 2.45) is 0 Å². The van der Waals surface area contributed by atoms with Gasteiger partial charge in [0.05, 0.1) is 4.90 Å². The summed E-state index contributed by atoms with van der Waals surface area (Å²) in [5.74, 6) is 0. The summed E-state index contributed by atoms with van der Waals surface area (Å²) in [6.45, 7) is 0. The van der Waals surface area contributed by atoms with Gasteiger partial charge in [-0.1, -0.05) is 103 Å². The van der Waals surface area contributed by atoms with Gasteiger partial charge in [-0.25, -0.2) is 0 Å². The molecule has 144 valence electrons. The highest BCUT2D eigenvalue weighted by molar-refractivity contribution is 7.85. The highest BCUT2D eigenvalue weighted by atomic mass is 32.2. The van der Waals surface area contributed by atoms with Crippen LogP contribution in [0.15, 0.2) is 120 Å². The van der Waals surface area contributed by atoms with Gasteiger partial charge in [-0.05, 0) is 32.9 Å². The molecule has 0 fully saturated rings. The van der Waals surface area contributed by atoms with Crippen molar-refractivity contribution >= 4 is 38.9 Å². The number of hydrogen-bond acceptors (Lipinski definition) is 2. The normalized spacial score (nSPS) is 11.9. The molecular formula is C24H20O3SSi. The lowest BCUT2D eigenvalue weighted by atomic mass is 10.3. The molecule has 0 bridgehead atoms. The van der Waals surface area contributed by atoms with E-state index in [-0.39, 0.29) is 4.90 Å². The molecule has 0 aromatic heterocycles. The van der Waals surface area contributed by atoms with Crippen LogP contribution < -0.4 is 20.7 Å². The maximum absolute atomic E-state index is 11.6. The monoisotopic (exact) mass is 416 g/mol. The van der Waals surface area contributed by atoms with E-state index in [2.05, 4.69) is 36.4 Å². The average Bonchev–Trinajstić information content (AvgIpc) is 2.76. The minimum Gasteiger partial charge on any atom is -0.282 e. The largest absolute Gasteiger partial charge is 0.294 e. The first kappa shape index (κ1) is 19.3. The predicted octanol–water partition coefficient (Wildman–Crippen LogP) is 2.31. The third-order valence-corrected chi connectivity index (χ3v) is 10.9. The Morgan fingerprint density at radius 2 is 0.793 bits per heavy atom. The standard InChI is InChI=1S/C24H20O3SSi/c25-28(26,27)20-16-18-24(19-17-20)29(21-10-4-1-5-11-21,22-12-6-2-7-13-22)23-14-8-3-9-15-23/h1-19H,(H,25,26,27). The summed E-state index contributed by atoms with van der Waals surface area (Å²) < 4.78 is 32.6. The fourth-order valence-electron chi connectivity index (χ4n) is 3.94. The van der Waals surface area contributed by atoms with E-state index >= 15 is 0 Å². The van der Waals surface area contributed by atoms with Crippen LogP contribution in [-0.4, -0.2) is 21.0 Å². The highest BCUT2D eigenvalue weighted by Gasteiger charge is 2.41. The van der Waals surface area contributed by atoms with Gasteiger partial charge in [-0.15, -0.1) is 0 Å². The first-order valence-corrected chi connectivity index (χ1v) is 12.7. The Morgan fingerprint density at radius 3 is 1.10 bits per heavy atom. The van der Waals surface area contributed by atoms with E-state index in [1.807, 2.05) is 66.7 Å². The molecule has 0 saturated carbocycles. The van der Waals surface area contributed by atoms with E-state index in [0.717, 1.165) is 5.19 Å². The first-order chi connectivity index (χ1) is 14.0. The van der Waals surface area contributed by atoms with Gasteiger partial charge < -0.3 is 0 Å². The van der Waals surface area contributed by atoms with Crippen LogP contribution in [0.5, 0.6) is 0 Å². The van der Waals surface area contributed by atoms with Crippen molar-refractivity contribution in [3.63, 3.8) is 0 Å². The molecule has 5 heteroatoms. The van der Waals surface area contributed by atoms with E-state index in [0.29, 0.717) is 0 Å². The Kier molecular flexibility index (Phi) is 5.19. The third kappa shape index (κ3) is 3.56. The second-order valence-electron chi connectivity index (χ2n) is 6.85. The first-order valence-electron chi connectivity index (χ1n) is 9.27. The van der Waals surface area contributed by atoms with E-state index in [9.17, 15) is 13.0 Å². The second-order valence-corrected chi connectivity index (χ2v) is 12.1. The van der Waals surface area contributed by atoms with Crippen LogP contribution in [0.3, 0.4) is 0 Å². The smallest absolute Gasteiger partial charge is 0.282 e. The van der Waals surface area contributed by atoms with Gasteiger partial charge in [0.15, 0.2) is 8.07 Å². The van der Waals surface area contributed by atoms with Gasteiger partial charge in [0.1, 0.15) is 0 Å². The summed E-state index contributed by atoms with van der Waals surface area (Å²) >= 11 is 0. The van der Waals surface area contributed by atoms with E-state index < -0.39 is 18.2 Å². The summed E-state index contributed by atoms with van der Waals surface area (Å²) in [5.41, 5.74) is 0. The molecule has 1 N–H and O–H groups in total. The molecule has 0 radical (unpaired) electrons. The fourth-order valence-corrected chi connectivity index (χ4v) is 9.17. The van der Waals surface area contributed by atoms with Gasteiger partial charge in [-0.2, -0.15) is 8.42 Å². The summed E-state index contributed by atoms with van der Waals surface area (Å²) in [6, 6.07) is 37.7. The molecule has 3 nitrogen and oxygen atoms in total. The number of rotatable bonds is 5. The third-order valence-electron chi connectivity index (χ3n) is 5.21. The van der Waals surface area contributed by atoms with Crippen molar-refractivity contribution in [3.05, 3.63) is 115 Å². The van der Waals surface area contributed by atoms with Crippen molar-refractivity contribution in [1.29, 1.82) is 0 Å². The predicted molar refractivity (Wildman–Crippen MR) is 120 cm³/mol. The van der Waals surface area contributed by atoms with Crippen LogP contribution in [0.4, 0.5) is 0 Å². The quantitative estimate of drug-likeness (QED) is 0.309. The minimum atomic E-state index is -4.24. The molecule has 4 aromatic rings. The molecule has 0 aliphatic rings. The second kappa shape index (κ2) is 7.79. The van der Waals surface area contributed by atoms with Gasteiger partial charge in [0.2, 0.25) is 0 Å². The van der Waals surface area contributed by atoms with Crippen LogP contribution in [0.25, 0.3) is 0 Å². The Morgan fingerprint density at radius 1 is 0.483 bits per heavy atom. The Balaban J connectivity index is 2.08. The molecule has 0 saturated heterocycles. The molecule has 0 amide bonds. The van der Waals surface area contributed by atoms with Crippen LogP contribution in [0.1, 0.15) is 0 Å². The van der Waals surface area contributed by atoms with E-state index in [4.69, 9.17) is 0 Å². The maximum Gasteiger partial charge on any atom is 0.294 e. The molecule has 0 spiro atoms. The summed E-state index contributed by atoms with van der Waals surface area (Å²) in [6.07, 6.45) is 0. The van der Waals surface area contributed by atoms with Crippen molar-refractivity contribution in [1.82, 2.24) is 0 Å². The topological polar surface area (TPSA) is 54.4 Å². The van der Waals surface area contributed by atoms with Crippen LogP contribution >= 0.6 is 0 Å². The minimum absolute atomic E-state index is 0.0988. The summed E-state index contributed by atoms with van der Waals surface area (Å²) in [4.78, 5) is -0.0988. The van der Waals surface area contributed by atoms with Crippen molar-refractivity contribution in [3.8, 4) is 0 Å². The molecule has 0 aliphatic heterocycles. The maximum atomic E-state index is 11.6. The highest BCUT2D eigenvalue weighted by Crippen LogP contribution is 2.12. The Bertz CT molecular complexity index is 1090. The van der Waals surface area contributed by atoms with Crippen molar-refractivity contribution in [2.75, 3.05) is 0 Å². The van der Waals surface area contributed by atoms with Crippen molar-refractivity contribution in [2.45, 2.75) is 4.90 Å². The molecule has 4 aromatic carbocycles.